The lowest BCUT2D eigenvalue weighted by atomic mass is 9.55. The molecule has 0 unspecified atom stereocenters. The van der Waals surface area contributed by atoms with E-state index in [9.17, 15) is 19.8 Å². The van der Waals surface area contributed by atoms with Crippen molar-refractivity contribution in [3.05, 3.63) is 34.6 Å². The van der Waals surface area contributed by atoms with Gasteiger partial charge in [-0.25, -0.2) is 0 Å². The Hall–Kier alpha value is -2.78. The van der Waals surface area contributed by atoms with Gasteiger partial charge in [0.2, 0.25) is 0 Å². The number of phenolic OH excluding ortho intramolecular Hbond substituents is 1. The van der Waals surface area contributed by atoms with Crippen LogP contribution in [0.5, 0.6) is 11.5 Å². The third kappa shape index (κ3) is 3.14. The summed E-state index contributed by atoms with van der Waals surface area (Å²) in [4.78, 5) is 23.7. The standard InChI is InChI=1S/C22H27NO8/c1-10(24)30-14-9-22-7-8-23-17(16(22)21(29-4)20(14)31-11(2)25)18(26)12-5-6-13(28-3)19(27)15(12)22/h5-6,14,17-18,20,23,26-27H,7-9H2,1-4H3/t14-,17+,18-,20+,22+/m1/s1. The number of fused-ring (bicyclic) bond motifs is 1. The van der Waals surface area contributed by atoms with E-state index in [0.29, 0.717) is 35.4 Å². The molecule has 5 atom stereocenters. The number of aliphatic hydroxyl groups excluding tert-OH is 1. The predicted molar refractivity (Wildman–Crippen MR) is 107 cm³/mol. The van der Waals surface area contributed by atoms with E-state index in [1.165, 1.54) is 28.1 Å². The van der Waals surface area contributed by atoms with Crippen molar-refractivity contribution in [3.63, 3.8) is 0 Å². The molecule has 0 amide bonds. The molecule has 9 heteroatoms. The van der Waals surface area contributed by atoms with Crippen LogP contribution in [0, 0.1) is 0 Å². The molecular formula is C22H27NO8. The van der Waals surface area contributed by atoms with Crippen molar-refractivity contribution in [3.8, 4) is 11.5 Å². The topological polar surface area (TPSA) is 124 Å². The number of hydrogen-bond acceptors (Lipinski definition) is 9. The second-order valence-corrected chi connectivity index (χ2v) is 8.15. The first-order valence-electron chi connectivity index (χ1n) is 10.2. The van der Waals surface area contributed by atoms with Crippen molar-refractivity contribution in [1.82, 2.24) is 5.32 Å². The lowest BCUT2D eigenvalue weighted by Gasteiger charge is -2.55. The van der Waals surface area contributed by atoms with Gasteiger partial charge in [0, 0.05) is 36.8 Å². The molecule has 0 spiro atoms. The van der Waals surface area contributed by atoms with Gasteiger partial charge < -0.3 is 34.5 Å². The Morgan fingerprint density at radius 2 is 1.84 bits per heavy atom. The largest absolute Gasteiger partial charge is 0.504 e. The van der Waals surface area contributed by atoms with E-state index in [-0.39, 0.29) is 17.9 Å². The van der Waals surface area contributed by atoms with Gasteiger partial charge in [0.1, 0.15) is 11.9 Å². The molecule has 1 fully saturated rings. The molecule has 0 aromatic heterocycles. The van der Waals surface area contributed by atoms with Crippen molar-refractivity contribution in [2.45, 2.75) is 56.5 Å². The van der Waals surface area contributed by atoms with E-state index >= 15 is 0 Å². The van der Waals surface area contributed by atoms with E-state index < -0.39 is 41.7 Å². The highest BCUT2D eigenvalue weighted by Crippen LogP contribution is 2.60. The first-order valence-corrected chi connectivity index (χ1v) is 10.2. The van der Waals surface area contributed by atoms with Gasteiger partial charge in [0.25, 0.3) is 0 Å². The van der Waals surface area contributed by atoms with E-state index in [0.717, 1.165) is 0 Å². The van der Waals surface area contributed by atoms with Gasteiger partial charge in [0.15, 0.2) is 17.6 Å². The number of phenols is 1. The zero-order valence-electron chi connectivity index (χ0n) is 17.9. The van der Waals surface area contributed by atoms with Crippen molar-refractivity contribution >= 4 is 11.9 Å². The SMILES string of the molecule is COC1=C2[C@@H]3NCC[C@]2(C[C@@H](OC(C)=O)[C@@H]1OC(C)=O)c1c(ccc(OC)c1O)[C@H]3O. The average molecular weight is 433 g/mol. The predicted octanol–water partition coefficient (Wildman–Crippen LogP) is 1.22. The number of aromatic hydroxyl groups is 1. The summed E-state index contributed by atoms with van der Waals surface area (Å²) in [6, 6.07) is 2.84. The quantitative estimate of drug-likeness (QED) is 0.601. The molecule has 1 aliphatic heterocycles. The monoisotopic (exact) mass is 433 g/mol. The number of nitrogens with one attached hydrogen (secondary N) is 1. The number of carbonyl (C=O) groups excluding carboxylic acids is 2. The van der Waals surface area contributed by atoms with Crippen molar-refractivity contribution in [2.24, 2.45) is 0 Å². The molecule has 1 saturated heterocycles. The van der Waals surface area contributed by atoms with Crippen molar-refractivity contribution < 1.29 is 38.7 Å². The Morgan fingerprint density at radius 1 is 1.13 bits per heavy atom. The molecule has 0 saturated carbocycles. The zero-order valence-corrected chi connectivity index (χ0v) is 17.9. The van der Waals surface area contributed by atoms with Crippen LogP contribution < -0.4 is 10.1 Å². The molecule has 1 aromatic rings. The zero-order chi connectivity index (χ0) is 22.5. The minimum absolute atomic E-state index is 0.0696. The Labute approximate surface area is 179 Å². The molecule has 3 N–H and O–H groups in total. The Balaban J connectivity index is 2.02. The maximum Gasteiger partial charge on any atom is 0.303 e. The molecule has 3 aliphatic rings. The molecule has 31 heavy (non-hydrogen) atoms. The summed E-state index contributed by atoms with van der Waals surface area (Å²) in [5.74, 6) is -0.542. The molecule has 168 valence electrons. The Bertz CT molecular complexity index is 957. The number of esters is 2. The second-order valence-electron chi connectivity index (χ2n) is 8.15. The van der Waals surface area contributed by atoms with Crippen LogP contribution in [-0.2, 0) is 29.2 Å². The normalized spacial score (nSPS) is 31.3. The Morgan fingerprint density at radius 3 is 2.45 bits per heavy atom. The molecule has 2 aliphatic carbocycles. The minimum Gasteiger partial charge on any atom is -0.504 e. The highest BCUT2D eigenvalue weighted by molar-refractivity contribution is 5.69. The number of piperidine rings is 1. The highest BCUT2D eigenvalue weighted by Gasteiger charge is 2.60. The van der Waals surface area contributed by atoms with Crippen LogP contribution >= 0.6 is 0 Å². The number of carbonyl (C=O) groups is 2. The van der Waals surface area contributed by atoms with Crippen LogP contribution in [0.3, 0.4) is 0 Å². The Kier molecular flexibility index (Phi) is 5.35. The number of rotatable bonds is 4. The summed E-state index contributed by atoms with van der Waals surface area (Å²) in [6.45, 7) is 3.12. The van der Waals surface area contributed by atoms with Crippen LogP contribution in [0.4, 0.5) is 0 Å². The lowest BCUT2D eigenvalue weighted by molar-refractivity contribution is -0.169. The molecular weight excluding hydrogens is 406 g/mol. The van der Waals surface area contributed by atoms with Crippen LogP contribution in [0.2, 0.25) is 0 Å². The smallest absolute Gasteiger partial charge is 0.303 e. The van der Waals surface area contributed by atoms with Gasteiger partial charge in [-0.1, -0.05) is 6.07 Å². The third-order valence-corrected chi connectivity index (χ3v) is 6.49. The fourth-order valence-electron chi connectivity index (χ4n) is 5.51. The van der Waals surface area contributed by atoms with E-state index in [2.05, 4.69) is 5.32 Å². The fraction of sp³-hybridized carbons (Fsp3) is 0.545. The number of ether oxygens (including phenoxy) is 4. The first-order chi connectivity index (χ1) is 14.7. The summed E-state index contributed by atoms with van der Waals surface area (Å²) < 4.78 is 22.2. The van der Waals surface area contributed by atoms with Crippen LogP contribution in [0.1, 0.15) is 43.9 Å². The summed E-state index contributed by atoms with van der Waals surface area (Å²) >= 11 is 0. The van der Waals surface area contributed by atoms with Gasteiger partial charge in [-0.3, -0.25) is 9.59 Å². The fourth-order valence-corrected chi connectivity index (χ4v) is 5.51. The third-order valence-electron chi connectivity index (χ3n) is 6.49. The van der Waals surface area contributed by atoms with Gasteiger partial charge in [-0.05, 0) is 24.6 Å². The molecule has 1 aromatic carbocycles. The molecule has 9 nitrogen and oxygen atoms in total. The van der Waals surface area contributed by atoms with Gasteiger partial charge in [-0.2, -0.15) is 0 Å². The summed E-state index contributed by atoms with van der Waals surface area (Å²) in [5.41, 5.74) is 0.993. The number of hydrogen-bond donors (Lipinski definition) is 3. The van der Waals surface area contributed by atoms with Crippen LogP contribution in [0.15, 0.2) is 23.5 Å². The van der Waals surface area contributed by atoms with E-state index in [1.54, 1.807) is 12.1 Å². The first kappa shape index (κ1) is 21.5. The van der Waals surface area contributed by atoms with Crippen LogP contribution in [-0.4, -0.2) is 61.2 Å². The number of benzene rings is 1. The molecule has 0 radical (unpaired) electrons. The lowest BCUT2D eigenvalue weighted by Crippen LogP contribution is -2.61. The molecule has 2 bridgehead atoms. The van der Waals surface area contributed by atoms with E-state index in [4.69, 9.17) is 18.9 Å². The number of methoxy groups -OCH3 is 2. The minimum atomic E-state index is -0.969. The average Bonchev–Trinajstić information content (AvgIpc) is 2.71. The van der Waals surface area contributed by atoms with Gasteiger partial charge in [-0.15, -0.1) is 0 Å². The van der Waals surface area contributed by atoms with Crippen LogP contribution in [0.25, 0.3) is 0 Å². The molecule has 1 heterocycles. The van der Waals surface area contributed by atoms with Gasteiger partial charge >= 0.3 is 11.9 Å². The maximum absolute atomic E-state index is 11.9. The van der Waals surface area contributed by atoms with Crippen molar-refractivity contribution in [2.75, 3.05) is 20.8 Å². The summed E-state index contributed by atoms with van der Waals surface area (Å²) in [7, 11) is 2.91. The molecule has 4 rings (SSSR count). The second kappa shape index (κ2) is 7.72. The maximum atomic E-state index is 11.9. The van der Waals surface area contributed by atoms with Gasteiger partial charge in [0.05, 0.1) is 26.4 Å². The summed E-state index contributed by atoms with van der Waals surface area (Å²) in [5, 5.41) is 25.6. The summed E-state index contributed by atoms with van der Waals surface area (Å²) in [6.07, 6.45) is -1.95. The van der Waals surface area contributed by atoms with E-state index in [1.807, 2.05) is 0 Å². The number of aliphatic hydroxyl groups is 1. The van der Waals surface area contributed by atoms with Crippen molar-refractivity contribution in [1.29, 1.82) is 0 Å². The highest BCUT2D eigenvalue weighted by atomic mass is 16.6.